The van der Waals surface area contributed by atoms with Gasteiger partial charge in [-0.1, -0.05) is 0 Å². The highest BCUT2D eigenvalue weighted by atomic mass is 35.5. The van der Waals surface area contributed by atoms with E-state index in [9.17, 15) is 0 Å². The van der Waals surface area contributed by atoms with Gasteiger partial charge < -0.3 is 10.3 Å². The first kappa shape index (κ1) is 7.36. The van der Waals surface area contributed by atoms with Crippen molar-refractivity contribution in [1.82, 2.24) is 14.5 Å². The summed E-state index contributed by atoms with van der Waals surface area (Å²) in [4.78, 5) is 7.87. The number of hydrogen-bond donors (Lipinski definition) is 1. The monoisotopic (exact) mass is 182 g/mol. The Kier molecular flexibility index (Phi) is 1.44. The van der Waals surface area contributed by atoms with Crippen molar-refractivity contribution < 1.29 is 0 Å². The third-order valence-corrected chi connectivity index (χ3v) is 1.90. The molecule has 0 saturated carbocycles. The average molecular weight is 183 g/mol. The summed E-state index contributed by atoms with van der Waals surface area (Å²) in [5.41, 5.74) is 6.38. The van der Waals surface area contributed by atoms with Gasteiger partial charge in [0.25, 0.3) is 0 Å². The quantitative estimate of drug-likeness (QED) is 0.623. The van der Waals surface area contributed by atoms with Gasteiger partial charge in [-0.05, 0) is 17.7 Å². The zero-order valence-electron chi connectivity index (χ0n) is 6.45. The Morgan fingerprint density at radius 3 is 3.00 bits per heavy atom. The van der Waals surface area contributed by atoms with Crippen LogP contribution in [-0.4, -0.2) is 14.5 Å². The van der Waals surface area contributed by atoms with Crippen molar-refractivity contribution >= 4 is 28.5 Å². The molecule has 2 aromatic heterocycles. The fourth-order valence-corrected chi connectivity index (χ4v) is 1.30. The van der Waals surface area contributed by atoms with Gasteiger partial charge in [-0.2, -0.15) is 4.98 Å². The van der Waals surface area contributed by atoms with Gasteiger partial charge in [-0.3, -0.25) is 0 Å². The number of hydrogen-bond acceptors (Lipinski definition) is 3. The number of anilines is 1. The second-order valence-electron chi connectivity index (χ2n) is 2.54. The first-order chi connectivity index (χ1) is 5.68. The largest absolute Gasteiger partial charge is 0.383 e. The highest BCUT2D eigenvalue weighted by molar-refractivity contribution is 6.28. The Morgan fingerprint density at radius 1 is 1.50 bits per heavy atom. The normalized spacial score (nSPS) is 10.8. The number of nitrogen functional groups attached to an aromatic ring is 1. The van der Waals surface area contributed by atoms with E-state index >= 15 is 0 Å². The molecule has 0 unspecified atom stereocenters. The molecule has 0 aromatic carbocycles. The lowest BCUT2D eigenvalue weighted by Gasteiger charge is -1.97. The summed E-state index contributed by atoms with van der Waals surface area (Å²) in [7, 11) is 1.88. The third-order valence-electron chi connectivity index (χ3n) is 1.73. The van der Waals surface area contributed by atoms with Crippen LogP contribution >= 0.6 is 11.6 Å². The van der Waals surface area contributed by atoms with Gasteiger partial charge >= 0.3 is 0 Å². The summed E-state index contributed by atoms with van der Waals surface area (Å²) in [5, 5.41) is 1.02. The second-order valence-corrected chi connectivity index (χ2v) is 2.88. The van der Waals surface area contributed by atoms with E-state index < -0.39 is 0 Å². The number of halogens is 1. The van der Waals surface area contributed by atoms with Crippen LogP contribution in [-0.2, 0) is 7.05 Å². The van der Waals surface area contributed by atoms with E-state index in [1.165, 1.54) is 0 Å². The standard InChI is InChI=1S/C7H7ClN4/c1-12-3-2-4-5(9)10-7(8)11-6(4)12/h2-3H,1H3,(H2,9,10,11). The predicted octanol–water partition coefficient (Wildman–Crippen LogP) is 1.20. The molecule has 2 rings (SSSR count). The fourth-order valence-electron chi connectivity index (χ4n) is 1.13. The van der Waals surface area contributed by atoms with Gasteiger partial charge in [-0.15, -0.1) is 0 Å². The molecule has 5 heteroatoms. The Hall–Kier alpha value is -1.29. The van der Waals surface area contributed by atoms with Crippen LogP contribution < -0.4 is 5.73 Å². The van der Waals surface area contributed by atoms with E-state index in [2.05, 4.69) is 9.97 Å². The fraction of sp³-hybridized carbons (Fsp3) is 0.143. The van der Waals surface area contributed by atoms with Gasteiger partial charge in [0.1, 0.15) is 11.5 Å². The number of fused-ring (bicyclic) bond motifs is 1. The summed E-state index contributed by atoms with van der Waals surface area (Å²) in [5.74, 6) is 0.422. The maximum atomic E-state index is 5.64. The molecule has 2 aromatic rings. The summed E-state index contributed by atoms with van der Waals surface area (Å²) in [6, 6.07) is 1.86. The van der Waals surface area contributed by atoms with Crippen molar-refractivity contribution in [2.75, 3.05) is 5.73 Å². The molecule has 0 spiro atoms. The number of rotatable bonds is 0. The van der Waals surface area contributed by atoms with E-state index in [4.69, 9.17) is 17.3 Å². The summed E-state index contributed by atoms with van der Waals surface area (Å²) >= 11 is 5.64. The Labute approximate surface area is 74.0 Å². The van der Waals surface area contributed by atoms with E-state index in [1.807, 2.05) is 23.9 Å². The molecule has 0 aliphatic carbocycles. The molecule has 0 saturated heterocycles. The number of nitrogens with zero attached hydrogens (tertiary/aromatic N) is 3. The second kappa shape index (κ2) is 2.35. The van der Waals surface area contributed by atoms with Crippen molar-refractivity contribution in [2.45, 2.75) is 0 Å². The van der Waals surface area contributed by atoms with Crippen LogP contribution in [0.2, 0.25) is 5.28 Å². The molecule has 0 amide bonds. The van der Waals surface area contributed by atoms with Crippen LogP contribution in [0.4, 0.5) is 5.82 Å². The van der Waals surface area contributed by atoms with Crippen LogP contribution in [0.1, 0.15) is 0 Å². The van der Waals surface area contributed by atoms with Crippen molar-refractivity contribution in [3.8, 4) is 0 Å². The summed E-state index contributed by atoms with van der Waals surface area (Å²) in [6.45, 7) is 0. The lowest BCUT2D eigenvalue weighted by molar-refractivity contribution is 0.944. The molecule has 0 radical (unpaired) electrons. The van der Waals surface area contributed by atoms with Crippen molar-refractivity contribution in [2.24, 2.45) is 7.05 Å². The van der Waals surface area contributed by atoms with Crippen molar-refractivity contribution in [3.63, 3.8) is 0 Å². The van der Waals surface area contributed by atoms with Crippen LogP contribution in [0.25, 0.3) is 11.0 Å². The number of nitrogens with two attached hydrogens (primary N) is 1. The molecule has 0 bridgehead atoms. The topological polar surface area (TPSA) is 56.7 Å². The molecular weight excluding hydrogens is 176 g/mol. The van der Waals surface area contributed by atoms with E-state index in [0.717, 1.165) is 11.0 Å². The summed E-state index contributed by atoms with van der Waals surface area (Å²) < 4.78 is 1.85. The molecule has 12 heavy (non-hydrogen) atoms. The minimum Gasteiger partial charge on any atom is -0.383 e. The Bertz CT molecular complexity index is 434. The van der Waals surface area contributed by atoms with Crippen LogP contribution in [0, 0.1) is 0 Å². The molecule has 0 aliphatic rings. The smallest absolute Gasteiger partial charge is 0.226 e. The first-order valence-corrected chi connectivity index (χ1v) is 3.80. The molecule has 0 aliphatic heterocycles. The number of aryl methyl sites for hydroxylation is 1. The lowest BCUT2D eigenvalue weighted by Crippen LogP contribution is -1.95. The lowest BCUT2D eigenvalue weighted by atomic mass is 10.4. The van der Waals surface area contributed by atoms with Gasteiger partial charge in [0.15, 0.2) is 0 Å². The highest BCUT2D eigenvalue weighted by Gasteiger charge is 2.05. The highest BCUT2D eigenvalue weighted by Crippen LogP contribution is 2.19. The molecule has 62 valence electrons. The van der Waals surface area contributed by atoms with E-state index in [1.54, 1.807) is 0 Å². The van der Waals surface area contributed by atoms with Gasteiger partial charge in [0.05, 0.1) is 5.39 Å². The zero-order valence-corrected chi connectivity index (χ0v) is 7.21. The molecule has 2 heterocycles. The molecule has 0 atom stereocenters. The van der Waals surface area contributed by atoms with E-state index in [0.29, 0.717) is 5.82 Å². The Balaban J connectivity index is 2.92. The zero-order chi connectivity index (χ0) is 8.72. The van der Waals surface area contributed by atoms with Gasteiger partial charge in [-0.25, -0.2) is 4.98 Å². The minimum absolute atomic E-state index is 0.182. The van der Waals surface area contributed by atoms with Crippen LogP contribution in [0.5, 0.6) is 0 Å². The predicted molar refractivity (Wildman–Crippen MR) is 47.9 cm³/mol. The Morgan fingerprint density at radius 2 is 2.25 bits per heavy atom. The molecule has 2 N–H and O–H groups in total. The van der Waals surface area contributed by atoms with Gasteiger partial charge in [0.2, 0.25) is 5.28 Å². The maximum absolute atomic E-state index is 5.64. The van der Waals surface area contributed by atoms with E-state index in [-0.39, 0.29) is 5.28 Å². The van der Waals surface area contributed by atoms with Crippen molar-refractivity contribution in [3.05, 3.63) is 17.5 Å². The van der Waals surface area contributed by atoms with Crippen molar-refractivity contribution in [1.29, 1.82) is 0 Å². The molecule has 4 nitrogen and oxygen atoms in total. The van der Waals surface area contributed by atoms with Gasteiger partial charge in [0, 0.05) is 13.2 Å². The SMILES string of the molecule is Cn1ccc2c(N)nc(Cl)nc21. The molecule has 0 fully saturated rings. The minimum atomic E-state index is 0.182. The van der Waals surface area contributed by atoms with Crippen LogP contribution in [0.3, 0.4) is 0 Å². The first-order valence-electron chi connectivity index (χ1n) is 3.42. The third kappa shape index (κ3) is 0.921. The molecular formula is C7H7ClN4. The van der Waals surface area contributed by atoms with Crippen LogP contribution in [0.15, 0.2) is 12.3 Å². The summed E-state index contributed by atoms with van der Waals surface area (Å²) in [6.07, 6.45) is 1.87. The average Bonchev–Trinajstić information content (AvgIpc) is 2.33. The maximum Gasteiger partial charge on any atom is 0.226 e. The number of aromatic nitrogens is 3.